The highest BCUT2D eigenvalue weighted by Gasteiger charge is 2.65. The van der Waals surface area contributed by atoms with Crippen molar-refractivity contribution in [3.05, 3.63) is 35.9 Å². The summed E-state index contributed by atoms with van der Waals surface area (Å²) in [5.41, 5.74) is -3.35. The van der Waals surface area contributed by atoms with Crippen LogP contribution in [0.25, 0.3) is 0 Å². The van der Waals surface area contributed by atoms with Crippen molar-refractivity contribution in [3.8, 4) is 0 Å². The van der Waals surface area contributed by atoms with E-state index in [1.807, 2.05) is 0 Å². The predicted molar refractivity (Wildman–Crippen MR) is 70.6 cm³/mol. The van der Waals surface area contributed by atoms with Crippen LogP contribution in [0.2, 0.25) is 19.6 Å². The van der Waals surface area contributed by atoms with Crippen molar-refractivity contribution in [2.24, 2.45) is 0 Å². The van der Waals surface area contributed by atoms with Gasteiger partial charge in [0.1, 0.15) is 0 Å². The van der Waals surface area contributed by atoms with Gasteiger partial charge < -0.3 is 9.16 Å². The molecule has 0 aliphatic carbocycles. The van der Waals surface area contributed by atoms with Crippen LogP contribution in [0, 0.1) is 0 Å². The number of benzene rings is 1. The Labute approximate surface area is 116 Å². The van der Waals surface area contributed by atoms with Crippen LogP contribution in [0.3, 0.4) is 0 Å². The van der Waals surface area contributed by atoms with Gasteiger partial charge in [-0.3, -0.25) is 0 Å². The number of hydrogen-bond acceptors (Lipinski definition) is 3. The zero-order valence-electron chi connectivity index (χ0n) is 11.7. The molecule has 0 spiro atoms. The van der Waals surface area contributed by atoms with Gasteiger partial charge in [0, 0.05) is 5.56 Å². The number of esters is 1. The number of methoxy groups -OCH3 is 1. The lowest BCUT2D eigenvalue weighted by atomic mass is 9.93. The average Bonchev–Trinajstić information content (AvgIpc) is 2.33. The zero-order valence-corrected chi connectivity index (χ0v) is 12.7. The number of rotatable bonds is 4. The van der Waals surface area contributed by atoms with E-state index in [1.165, 1.54) is 24.3 Å². The molecule has 1 atom stereocenters. The Hall–Kier alpha value is -1.34. The van der Waals surface area contributed by atoms with Crippen molar-refractivity contribution >= 4 is 14.3 Å². The number of ether oxygens (including phenoxy) is 1. The van der Waals surface area contributed by atoms with Crippen molar-refractivity contribution in [1.82, 2.24) is 0 Å². The van der Waals surface area contributed by atoms with Gasteiger partial charge in [-0.15, -0.1) is 0 Å². The monoisotopic (exact) mass is 306 g/mol. The van der Waals surface area contributed by atoms with Crippen LogP contribution in [0.5, 0.6) is 0 Å². The minimum absolute atomic E-state index is 0.276. The lowest BCUT2D eigenvalue weighted by Crippen LogP contribution is -2.56. The fourth-order valence-corrected chi connectivity index (χ4v) is 3.07. The summed E-state index contributed by atoms with van der Waals surface area (Å²) in [5, 5.41) is 0. The van der Waals surface area contributed by atoms with Gasteiger partial charge >= 0.3 is 12.1 Å². The van der Waals surface area contributed by atoms with Crippen LogP contribution in [0.1, 0.15) is 5.56 Å². The third kappa shape index (κ3) is 3.21. The molecular weight excluding hydrogens is 289 g/mol. The number of hydrogen-bond donors (Lipinski definition) is 0. The van der Waals surface area contributed by atoms with Crippen LogP contribution in [-0.4, -0.2) is 27.6 Å². The molecule has 0 bridgehead atoms. The van der Waals surface area contributed by atoms with E-state index in [0.717, 1.165) is 7.11 Å². The molecule has 0 heterocycles. The molecule has 0 amide bonds. The number of carbonyl (C=O) groups excluding carboxylic acids is 1. The lowest BCUT2D eigenvalue weighted by Gasteiger charge is -2.38. The molecule has 0 N–H and O–H groups in total. The van der Waals surface area contributed by atoms with Crippen molar-refractivity contribution in [3.63, 3.8) is 0 Å². The van der Waals surface area contributed by atoms with Crippen LogP contribution >= 0.6 is 0 Å². The normalized spacial score (nSPS) is 15.6. The highest BCUT2D eigenvalue weighted by Crippen LogP contribution is 2.45. The van der Waals surface area contributed by atoms with Crippen LogP contribution in [0.15, 0.2) is 30.3 Å². The second-order valence-corrected chi connectivity index (χ2v) is 9.68. The highest BCUT2D eigenvalue weighted by molar-refractivity contribution is 6.70. The Morgan fingerprint density at radius 3 is 1.95 bits per heavy atom. The number of alkyl halides is 3. The standard InChI is InChI=1S/C13H17F3O3Si/c1-18-11(17)12(13(14,15)16,19-20(2,3)4)10-8-6-5-7-9-10/h5-9H,1-4H3. The van der Waals surface area contributed by atoms with Crippen molar-refractivity contribution in [2.45, 2.75) is 31.4 Å². The molecular formula is C13H17F3O3Si. The summed E-state index contributed by atoms with van der Waals surface area (Å²) in [7, 11) is -1.77. The molecule has 112 valence electrons. The van der Waals surface area contributed by atoms with Crippen LogP contribution in [-0.2, 0) is 19.6 Å². The smallest absolute Gasteiger partial charge is 0.431 e. The van der Waals surface area contributed by atoms with Gasteiger partial charge in [-0.1, -0.05) is 30.3 Å². The van der Waals surface area contributed by atoms with Crippen molar-refractivity contribution in [2.75, 3.05) is 7.11 Å². The molecule has 1 unspecified atom stereocenters. The molecule has 1 aromatic carbocycles. The molecule has 3 nitrogen and oxygen atoms in total. The van der Waals surface area contributed by atoms with Crippen LogP contribution in [0.4, 0.5) is 13.2 Å². The van der Waals surface area contributed by atoms with Gasteiger partial charge in [0.05, 0.1) is 7.11 Å². The first kappa shape index (κ1) is 16.7. The van der Waals surface area contributed by atoms with Gasteiger partial charge in [0.15, 0.2) is 8.32 Å². The first-order chi connectivity index (χ1) is 9.04. The molecule has 0 aromatic heterocycles. The number of halogens is 3. The second-order valence-electron chi connectivity index (χ2n) is 5.25. The minimum atomic E-state index is -4.91. The maximum absolute atomic E-state index is 13.6. The molecule has 0 saturated heterocycles. The summed E-state index contributed by atoms with van der Waals surface area (Å²) in [4.78, 5) is 11.9. The maximum Gasteiger partial charge on any atom is 0.431 e. The molecule has 0 radical (unpaired) electrons. The fraction of sp³-hybridized carbons (Fsp3) is 0.462. The summed E-state index contributed by atoms with van der Waals surface area (Å²) in [5.74, 6) is -1.46. The molecule has 1 rings (SSSR count). The van der Waals surface area contributed by atoms with Gasteiger partial charge in [0.2, 0.25) is 0 Å². The van der Waals surface area contributed by atoms with E-state index in [0.29, 0.717) is 0 Å². The summed E-state index contributed by atoms with van der Waals surface area (Å²) in [6.45, 7) is 4.75. The SMILES string of the molecule is COC(=O)C(O[Si](C)(C)C)(c1ccccc1)C(F)(F)F. The van der Waals surface area contributed by atoms with Gasteiger partial charge in [-0.25, -0.2) is 4.79 Å². The first-order valence-corrected chi connectivity index (χ1v) is 9.36. The Morgan fingerprint density at radius 1 is 1.10 bits per heavy atom. The van der Waals surface area contributed by atoms with Gasteiger partial charge in [0.25, 0.3) is 5.60 Å². The molecule has 7 heteroatoms. The van der Waals surface area contributed by atoms with Crippen molar-refractivity contribution in [1.29, 1.82) is 0 Å². The molecule has 0 aliphatic rings. The quantitative estimate of drug-likeness (QED) is 0.631. The Morgan fingerprint density at radius 2 is 1.60 bits per heavy atom. The van der Waals surface area contributed by atoms with E-state index in [-0.39, 0.29) is 5.56 Å². The maximum atomic E-state index is 13.6. The largest absolute Gasteiger partial charge is 0.466 e. The third-order valence-electron chi connectivity index (χ3n) is 2.51. The van der Waals surface area contributed by atoms with E-state index in [2.05, 4.69) is 4.74 Å². The fourth-order valence-electron chi connectivity index (χ4n) is 1.83. The summed E-state index contributed by atoms with van der Waals surface area (Å²) in [6, 6.07) is 6.84. The average molecular weight is 306 g/mol. The zero-order chi connectivity index (χ0) is 15.6. The summed E-state index contributed by atoms with van der Waals surface area (Å²) < 4.78 is 50.5. The minimum Gasteiger partial charge on any atom is -0.466 e. The molecule has 0 fully saturated rings. The Balaban J connectivity index is 3.55. The molecule has 0 saturated carbocycles. The van der Waals surface area contributed by atoms with E-state index in [4.69, 9.17) is 4.43 Å². The predicted octanol–water partition coefficient (Wildman–Crippen LogP) is 3.47. The molecule has 0 aliphatic heterocycles. The van der Waals surface area contributed by atoms with Crippen molar-refractivity contribution < 1.29 is 27.1 Å². The lowest BCUT2D eigenvalue weighted by molar-refractivity contribution is -0.260. The van der Waals surface area contributed by atoms with Gasteiger partial charge in [-0.05, 0) is 19.6 Å². The second kappa shape index (κ2) is 5.57. The highest BCUT2D eigenvalue weighted by atomic mass is 28.4. The molecule has 1 aromatic rings. The topological polar surface area (TPSA) is 35.5 Å². The van der Waals surface area contributed by atoms with E-state index in [9.17, 15) is 18.0 Å². The first-order valence-electron chi connectivity index (χ1n) is 5.95. The third-order valence-corrected chi connectivity index (χ3v) is 3.43. The summed E-state index contributed by atoms with van der Waals surface area (Å²) in [6.07, 6.45) is -4.91. The van der Waals surface area contributed by atoms with Gasteiger partial charge in [-0.2, -0.15) is 13.2 Å². The number of carbonyl (C=O) groups is 1. The van der Waals surface area contributed by atoms with E-state index in [1.54, 1.807) is 25.7 Å². The van der Waals surface area contributed by atoms with E-state index >= 15 is 0 Å². The Kier molecular flexibility index (Phi) is 4.65. The van der Waals surface area contributed by atoms with E-state index < -0.39 is 26.1 Å². The summed E-state index contributed by atoms with van der Waals surface area (Å²) >= 11 is 0. The molecule has 20 heavy (non-hydrogen) atoms. The van der Waals surface area contributed by atoms with Crippen LogP contribution < -0.4 is 0 Å². The Bertz CT molecular complexity index is 468.